The molecule has 0 saturated heterocycles. The largest absolute Gasteiger partial charge is 0.478 e. The number of esters is 1. The third-order valence-corrected chi connectivity index (χ3v) is 5.51. The monoisotopic (exact) mass is 416 g/mol. The van der Waals surface area contributed by atoms with E-state index < -0.39 is 11.6 Å². The molecule has 0 aliphatic heterocycles. The Kier molecular flexibility index (Phi) is 11.5. The molecule has 0 aromatic heterocycles. The minimum Gasteiger partial charge on any atom is -0.478 e. The molecule has 4 heteroatoms. The molecule has 4 nitrogen and oxygen atoms in total. The summed E-state index contributed by atoms with van der Waals surface area (Å²) in [5.74, 6) is -0.0921. The highest BCUT2D eigenvalue weighted by Gasteiger charge is 2.21. The number of allylic oxidation sites excluding steroid dienone is 4. The lowest BCUT2D eigenvalue weighted by atomic mass is 9.82. The Morgan fingerprint density at radius 1 is 0.933 bits per heavy atom. The summed E-state index contributed by atoms with van der Waals surface area (Å²) in [4.78, 5) is 22.3. The Hall–Kier alpha value is -2.10. The maximum absolute atomic E-state index is 11.8. The summed E-state index contributed by atoms with van der Waals surface area (Å²) in [6.45, 7) is 13.2. The number of aliphatic carboxylic acids is 1. The zero-order chi connectivity index (χ0) is 22.6. The van der Waals surface area contributed by atoms with E-state index in [9.17, 15) is 9.59 Å². The van der Waals surface area contributed by atoms with Crippen LogP contribution in [0.1, 0.15) is 85.0 Å². The zero-order valence-corrected chi connectivity index (χ0v) is 19.1. The van der Waals surface area contributed by atoms with Gasteiger partial charge in [-0.3, -0.25) is 0 Å². The standard InChI is InChI=1S/C15H24O2.C11H16O2/c1-5-8-12-9-6-7-10-13(12)11-14(16)17-15(2,3)4;1-2-5-9-6-3-4-7-10(9)8-11(12)13/h5,11-12H,1,6-10H2,2-4H3;2,8-9H,1,3-7H2,(H,12,13). The van der Waals surface area contributed by atoms with Crippen molar-refractivity contribution in [1.82, 2.24) is 0 Å². The van der Waals surface area contributed by atoms with Crippen molar-refractivity contribution in [2.24, 2.45) is 11.8 Å². The highest BCUT2D eigenvalue weighted by Crippen LogP contribution is 2.32. The van der Waals surface area contributed by atoms with Crippen molar-refractivity contribution in [3.63, 3.8) is 0 Å². The highest BCUT2D eigenvalue weighted by molar-refractivity contribution is 5.83. The fourth-order valence-corrected chi connectivity index (χ4v) is 4.18. The average Bonchev–Trinajstić information content (AvgIpc) is 2.64. The number of ether oxygens (including phenoxy) is 1. The SMILES string of the molecule is C=CCC1CCCCC1=CC(=O)O.C=CCC1CCCCC1=CC(=O)OC(C)(C)C. The van der Waals surface area contributed by atoms with Gasteiger partial charge in [-0.1, -0.05) is 36.1 Å². The molecule has 0 bridgehead atoms. The van der Waals surface area contributed by atoms with Gasteiger partial charge in [-0.25, -0.2) is 9.59 Å². The molecular formula is C26H40O4. The number of rotatable bonds is 6. The average molecular weight is 417 g/mol. The second kappa shape index (κ2) is 13.3. The lowest BCUT2D eigenvalue weighted by Crippen LogP contribution is -2.23. The third-order valence-electron chi connectivity index (χ3n) is 5.51. The first-order chi connectivity index (χ1) is 14.2. The van der Waals surface area contributed by atoms with Crippen molar-refractivity contribution >= 4 is 11.9 Å². The van der Waals surface area contributed by atoms with E-state index in [4.69, 9.17) is 9.84 Å². The number of carbonyl (C=O) groups is 2. The summed E-state index contributed by atoms with van der Waals surface area (Å²) in [6, 6.07) is 0. The number of carboxylic acids is 1. The van der Waals surface area contributed by atoms with E-state index in [1.165, 1.54) is 37.3 Å². The molecule has 2 atom stereocenters. The van der Waals surface area contributed by atoms with Crippen LogP contribution in [0.3, 0.4) is 0 Å². The summed E-state index contributed by atoms with van der Waals surface area (Å²) in [5.41, 5.74) is 1.93. The Balaban J connectivity index is 0.000000311. The van der Waals surface area contributed by atoms with E-state index in [0.29, 0.717) is 11.8 Å². The van der Waals surface area contributed by atoms with Crippen molar-refractivity contribution in [2.75, 3.05) is 0 Å². The van der Waals surface area contributed by atoms with Crippen LogP contribution in [0, 0.1) is 11.8 Å². The molecule has 0 radical (unpaired) electrons. The third kappa shape index (κ3) is 10.6. The lowest BCUT2D eigenvalue weighted by Gasteiger charge is -2.25. The second-order valence-electron chi connectivity index (χ2n) is 9.24. The van der Waals surface area contributed by atoms with Gasteiger partial charge >= 0.3 is 11.9 Å². The second-order valence-corrected chi connectivity index (χ2v) is 9.24. The molecule has 0 aromatic rings. The van der Waals surface area contributed by atoms with Crippen molar-refractivity contribution in [3.8, 4) is 0 Å². The fourth-order valence-electron chi connectivity index (χ4n) is 4.18. The van der Waals surface area contributed by atoms with E-state index in [-0.39, 0.29) is 5.97 Å². The van der Waals surface area contributed by atoms with Gasteiger partial charge in [0.05, 0.1) is 0 Å². The molecular weight excluding hydrogens is 376 g/mol. The molecule has 2 rings (SSSR count). The Morgan fingerprint density at radius 2 is 1.40 bits per heavy atom. The Morgan fingerprint density at radius 3 is 1.80 bits per heavy atom. The van der Waals surface area contributed by atoms with Crippen LogP contribution in [-0.2, 0) is 14.3 Å². The van der Waals surface area contributed by atoms with Crippen molar-refractivity contribution in [3.05, 3.63) is 48.6 Å². The van der Waals surface area contributed by atoms with Gasteiger partial charge in [-0.2, -0.15) is 0 Å². The van der Waals surface area contributed by atoms with Gasteiger partial charge in [0.15, 0.2) is 0 Å². The minimum atomic E-state index is -0.814. The highest BCUT2D eigenvalue weighted by atomic mass is 16.6. The van der Waals surface area contributed by atoms with Gasteiger partial charge in [0, 0.05) is 12.2 Å². The van der Waals surface area contributed by atoms with Crippen LogP contribution in [0.4, 0.5) is 0 Å². The molecule has 0 aromatic carbocycles. The molecule has 168 valence electrons. The number of carbonyl (C=O) groups excluding carboxylic acids is 1. The van der Waals surface area contributed by atoms with E-state index in [1.807, 2.05) is 32.9 Å². The van der Waals surface area contributed by atoms with Gasteiger partial charge in [0.25, 0.3) is 0 Å². The van der Waals surface area contributed by atoms with Gasteiger partial charge in [0.1, 0.15) is 5.60 Å². The van der Waals surface area contributed by atoms with Gasteiger partial charge < -0.3 is 9.84 Å². The van der Waals surface area contributed by atoms with E-state index >= 15 is 0 Å². The minimum absolute atomic E-state index is 0.205. The molecule has 2 fully saturated rings. The van der Waals surface area contributed by atoms with Crippen molar-refractivity contribution < 1.29 is 19.4 Å². The van der Waals surface area contributed by atoms with Gasteiger partial charge in [0.2, 0.25) is 0 Å². The quantitative estimate of drug-likeness (QED) is 0.294. The van der Waals surface area contributed by atoms with Crippen LogP contribution in [0.5, 0.6) is 0 Å². The summed E-state index contributed by atoms with van der Waals surface area (Å²) >= 11 is 0. The maximum atomic E-state index is 11.8. The van der Waals surface area contributed by atoms with Crippen LogP contribution in [0.25, 0.3) is 0 Å². The Labute approximate surface area is 182 Å². The first-order valence-electron chi connectivity index (χ1n) is 11.2. The van der Waals surface area contributed by atoms with E-state index in [2.05, 4.69) is 13.2 Å². The van der Waals surface area contributed by atoms with Crippen LogP contribution in [0.15, 0.2) is 48.6 Å². The first kappa shape index (κ1) is 25.9. The lowest BCUT2D eigenvalue weighted by molar-refractivity contribution is -0.148. The van der Waals surface area contributed by atoms with Crippen LogP contribution < -0.4 is 0 Å². The molecule has 2 aliphatic carbocycles. The fraction of sp³-hybridized carbons (Fsp3) is 0.615. The summed E-state index contributed by atoms with van der Waals surface area (Å²) in [5, 5.41) is 8.65. The summed E-state index contributed by atoms with van der Waals surface area (Å²) in [6.07, 6.45) is 17.8. The van der Waals surface area contributed by atoms with E-state index in [1.54, 1.807) is 6.08 Å². The molecule has 1 N–H and O–H groups in total. The van der Waals surface area contributed by atoms with Crippen LogP contribution in [0.2, 0.25) is 0 Å². The van der Waals surface area contributed by atoms with Gasteiger partial charge in [-0.15, -0.1) is 13.2 Å². The molecule has 0 spiro atoms. The van der Waals surface area contributed by atoms with Crippen molar-refractivity contribution in [1.29, 1.82) is 0 Å². The normalized spacial score (nSPS) is 24.5. The molecule has 0 amide bonds. The number of hydrogen-bond donors (Lipinski definition) is 1. The van der Waals surface area contributed by atoms with Crippen molar-refractivity contribution in [2.45, 2.75) is 90.6 Å². The summed E-state index contributed by atoms with van der Waals surface area (Å²) < 4.78 is 5.33. The Bertz CT molecular complexity index is 648. The molecule has 0 heterocycles. The molecule has 30 heavy (non-hydrogen) atoms. The number of hydrogen-bond acceptors (Lipinski definition) is 3. The topological polar surface area (TPSA) is 63.6 Å². The predicted molar refractivity (Wildman–Crippen MR) is 123 cm³/mol. The maximum Gasteiger partial charge on any atom is 0.331 e. The zero-order valence-electron chi connectivity index (χ0n) is 19.1. The van der Waals surface area contributed by atoms with Crippen LogP contribution in [-0.4, -0.2) is 22.6 Å². The predicted octanol–water partition coefficient (Wildman–Crippen LogP) is 6.78. The first-order valence-corrected chi connectivity index (χ1v) is 11.2. The smallest absolute Gasteiger partial charge is 0.331 e. The van der Waals surface area contributed by atoms with E-state index in [0.717, 1.165) is 44.1 Å². The number of carboxylic acid groups (broad SMARTS) is 1. The molecule has 2 aliphatic rings. The summed E-state index contributed by atoms with van der Waals surface area (Å²) in [7, 11) is 0. The van der Waals surface area contributed by atoms with Gasteiger partial charge in [-0.05, 0) is 84.0 Å². The van der Waals surface area contributed by atoms with Crippen LogP contribution >= 0.6 is 0 Å². The molecule has 2 saturated carbocycles. The molecule has 2 unspecified atom stereocenters.